The maximum absolute atomic E-state index is 6.32. The molecule has 2 N–H and O–H groups in total. The molecule has 0 unspecified atom stereocenters. The molecule has 0 saturated heterocycles. The molecule has 0 atom stereocenters. The highest BCUT2D eigenvalue weighted by atomic mass is 35.5. The molecule has 0 heterocycles. The lowest BCUT2D eigenvalue weighted by atomic mass is 9.97. The first kappa shape index (κ1) is 13.4. The van der Waals surface area contributed by atoms with Crippen molar-refractivity contribution in [2.75, 3.05) is 0 Å². The van der Waals surface area contributed by atoms with Crippen LogP contribution in [-0.2, 0) is 6.54 Å². The molecular formula is C15H15Cl2N. The minimum absolute atomic E-state index is 0.499. The van der Waals surface area contributed by atoms with E-state index < -0.39 is 0 Å². The van der Waals surface area contributed by atoms with Crippen molar-refractivity contribution in [3.63, 3.8) is 0 Å². The van der Waals surface area contributed by atoms with E-state index in [0.29, 0.717) is 6.54 Å². The Hall–Kier alpha value is -1.02. The first-order valence-corrected chi connectivity index (χ1v) is 6.54. The third-order valence-electron chi connectivity index (χ3n) is 3.06. The second kappa shape index (κ2) is 5.31. The third kappa shape index (κ3) is 2.54. The zero-order valence-electron chi connectivity index (χ0n) is 10.4. The highest BCUT2D eigenvalue weighted by Crippen LogP contribution is 2.33. The second-order valence-corrected chi connectivity index (χ2v) is 5.25. The van der Waals surface area contributed by atoms with Gasteiger partial charge in [0.25, 0.3) is 0 Å². The molecule has 0 radical (unpaired) electrons. The van der Waals surface area contributed by atoms with E-state index in [0.717, 1.165) is 37.9 Å². The van der Waals surface area contributed by atoms with E-state index in [4.69, 9.17) is 28.9 Å². The molecule has 0 aliphatic carbocycles. The molecule has 0 amide bonds. The highest BCUT2D eigenvalue weighted by molar-refractivity contribution is 6.33. The predicted octanol–water partition coefficient (Wildman–Crippen LogP) is 4.74. The average molecular weight is 280 g/mol. The maximum atomic E-state index is 6.32. The van der Waals surface area contributed by atoms with Crippen LogP contribution in [0.1, 0.15) is 16.7 Å². The van der Waals surface area contributed by atoms with E-state index in [1.165, 1.54) is 0 Å². The van der Waals surface area contributed by atoms with Crippen LogP contribution in [0.5, 0.6) is 0 Å². The standard InChI is InChI=1S/C15H15Cl2N/c1-9-6-14(16)10(2)5-13(9)12-4-3-11(8-18)7-15(12)17/h3-7H,8,18H2,1-2H3. The molecule has 0 saturated carbocycles. The van der Waals surface area contributed by atoms with Crippen LogP contribution in [-0.4, -0.2) is 0 Å². The molecule has 18 heavy (non-hydrogen) atoms. The average Bonchev–Trinajstić information content (AvgIpc) is 2.34. The maximum Gasteiger partial charge on any atom is 0.0487 e. The third-order valence-corrected chi connectivity index (χ3v) is 3.78. The van der Waals surface area contributed by atoms with Crippen molar-refractivity contribution in [1.29, 1.82) is 0 Å². The van der Waals surface area contributed by atoms with Crippen LogP contribution in [0.15, 0.2) is 30.3 Å². The number of halogens is 2. The van der Waals surface area contributed by atoms with Gasteiger partial charge in [-0.15, -0.1) is 0 Å². The molecule has 94 valence electrons. The summed E-state index contributed by atoms with van der Waals surface area (Å²) in [7, 11) is 0. The lowest BCUT2D eigenvalue weighted by Gasteiger charge is -2.11. The van der Waals surface area contributed by atoms with Crippen molar-refractivity contribution in [3.05, 3.63) is 57.1 Å². The van der Waals surface area contributed by atoms with Crippen LogP contribution >= 0.6 is 23.2 Å². The normalized spacial score (nSPS) is 10.7. The predicted molar refractivity (Wildman–Crippen MR) is 79.3 cm³/mol. The van der Waals surface area contributed by atoms with Crippen LogP contribution in [0.25, 0.3) is 11.1 Å². The van der Waals surface area contributed by atoms with Crippen molar-refractivity contribution in [1.82, 2.24) is 0 Å². The zero-order valence-corrected chi connectivity index (χ0v) is 11.9. The van der Waals surface area contributed by atoms with Gasteiger partial charge in [0.1, 0.15) is 0 Å². The number of hydrogen-bond acceptors (Lipinski definition) is 1. The van der Waals surface area contributed by atoms with Crippen LogP contribution in [0.4, 0.5) is 0 Å². The van der Waals surface area contributed by atoms with Crippen LogP contribution in [0.2, 0.25) is 10.0 Å². The van der Waals surface area contributed by atoms with Crippen molar-refractivity contribution in [3.8, 4) is 11.1 Å². The molecule has 2 aromatic rings. The number of nitrogens with two attached hydrogens (primary N) is 1. The first-order chi connectivity index (χ1) is 8.52. The van der Waals surface area contributed by atoms with E-state index in [-0.39, 0.29) is 0 Å². The van der Waals surface area contributed by atoms with E-state index in [2.05, 4.69) is 6.07 Å². The molecule has 0 aromatic heterocycles. The second-order valence-electron chi connectivity index (χ2n) is 4.43. The topological polar surface area (TPSA) is 26.0 Å². The quantitative estimate of drug-likeness (QED) is 0.845. The Bertz CT molecular complexity index is 591. The van der Waals surface area contributed by atoms with Gasteiger partial charge in [-0.1, -0.05) is 35.3 Å². The summed E-state index contributed by atoms with van der Waals surface area (Å²) in [5.41, 5.74) is 10.9. The van der Waals surface area contributed by atoms with Gasteiger partial charge in [0.15, 0.2) is 0 Å². The molecule has 0 aliphatic heterocycles. The van der Waals surface area contributed by atoms with Gasteiger partial charge >= 0.3 is 0 Å². The van der Waals surface area contributed by atoms with Crippen molar-refractivity contribution in [2.24, 2.45) is 5.73 Å². The summed E-state index contributed by atoms with van der Waals surface area (Å²) in [6.07, 6.45) is 0. The summed E-state index contributed by atoms with van der Waals surface area (Å²) < 4.78 is 0. The summed E-state index contributed by atoms with van der Waals surface area (Å²) in [6.45, 7) is 4.53. The van der Waals surface area contributed by atoms with Gasteiger partial charge in [-0.25, -0.2) is 0 Å². The summed E-state index contributed by atoms with van der Waals surface area (Å²) in [4.78, 5) is 0. The summed E-state index contributed by atoms with van der Waals surface area (Å²) in [5, 5.41) is 1.51. The molecular weight excluding hydrogens is 265 g/mol. The summed E-state index contributed by atoms with van der Waals surface area (Å²) in [5.74, 6) is 0. The van der Waals surface area contributed by atoms with Gasteiger partial charge < -0.3 is 5.73 Å². The van der Waals surface area contributed by atoms with E-state index in [9.17, 15) is 0 Å². The highest BCUT2D eigenvalue weighted by Gasteiger charge is 2.09. The Labute approximate surface area is 118 Å². The molecule has 0 spiro atoms. The molecule has 1 nitrogen and oxygen atoms in total. The Balaban J connectivity index is 2.58. The van der Waals surface area contributed by atoms with E-state index in [1.807, 2.05) is 38.1 Å². The molecule has 2 rings (SSSR count). The van der Waals surface area contributed by atoms with Gasteiger partial charge in [0, 0.05) is 22.2 Å². The van der Waals surface area contributed by atoms with E-state index in [1.54, 1.807) is 0 Å². The Morgan fingerprint density at radius 3 is 2.22 bits per heavy atom. The minimum atomic E-state index is 0.499. The summed E-state index contributed by atoms with van der Waals surface area (Å²) >= 11 is 12.4. The van der Waals surface area contributed by atoms with Gasteiger partial charge in [0.2, 0.25) is 0 Å². The fourth-order valence-electron chi connectivity index (χ4n) is 1.98. The Morgan fingerprint density at radius 2 is 1.61 bits per heavy atom. The molecule has 0 bridgehead atoms. The minimum Gasteiger partial charge on any atom is -0.326 e. The van der Waals surface area contributed by atoms with E-state index >= 15 is 0 Å². The first-order valence-electron chi connectivity index (χ1n) is 5.78. The Kier molecular flexibility index (Phi) is 3.96. The van der Waals surface area contributed by atoms with Crippen LogP contribution in [0, 0.1) is 13.8 Å². The van der Waals surface area contributed by atoms with Gasteiger partial charge in [-0.3, -0.25) is 0 Å². The SMILES string of the molecule is Cc1cc(-c2ccc(CN)cc2Cl)c(C)cc1Cl. The smallest absolute Gasteiger partial charge is 0.0487 e. The van der Waals surface area contributed by atoms with Crippen molar-refractivity contribution < 1.29 is 0 Å². The molecule has 3 heteroatoms. The van der Waals surface area contributed by atoms with Crippen molar-refractivity contribution in [2.45, 2.75) is 20.4 Å². The number of hydrogen-bond donors (Lipinski definition) is 1. The molecule has 0 fully saturated rings. The van der Waals surface area contributed by atoms with Gasteiger partial charge in [-0.2, -0.15) is 0 Å². The zero-order chi connectivity index (χ0) is 13.3. The lowest BCUT2D eigenvalue weighted by molar-refractivity contribution is 1.07. The number of benzene rings is 2. The van der Waals surface area contributed by atoms with Crippen LogP contribution < -0.4 is 5.73 Å². The number of aryl methyl sites for hydroxylation is 2. The molecule has 2 aromatic carbocycles. The van der Waals surface area contributed by atoms with Gasteiger partial charge in [0.05, 0.1) is 0 Å². The Morgan fingerprint density at radius 1 is 0.889 bits per heavy atom. The van der Waals surface area contributed by atoms with Crippen molar-refractivity contribution >= 4 is 23.2 Å². The summed E-state index contributed by atoms with van der Waals surface area (Å²) in [6, 6.07) is 9.98. The lowest BCUT2D eigenvalue weighted by Crippen LogP contribution is -1.96. The number of rotatable bonds is 2. The fourth-order valence-corrected chi connectivity index (χ4v) is 2.50. The monoisotopic (exact) mass is 279 g/mol. The molecule has 0 aliphatic rings. The largest absolute Gasteiger partial charge is 0.326 e. The fraction of sp³-hybridized carbons (Fsp3) is 0.200. The van der Waals surface area contributed by atoms with Gasteiger partial charge in [-0.05, 0) is 54.3 Å². The van der Waals surface area contributed by atoms with Crippen LogP contribution in [0.3, 0.4) is 0 Å².